The Hall–Kier alpha value is 1.10. The molecule has 0 aromatic carbocycles. The van der Waals surface area contributed by atoms with Crippen molar-refractivity contribution in [2.24, 2.45) is 5.92 Å². The Balaban J connectivity index is 0.000000291. The molecule has 0 aromatic rings. The molecule has 50 valence electrons. The van der Waals surface area contributed by atoms with Crippen LogP contribution in [0.3, 0.4) is 0 Å². The minimum absolute atomic E-state index is 1.00. The first-order valence-electron chi connectivity index (χ1n) is 3.48. The number of hydrogen-bond acceptors (Lipinski definition) is 0. The van der Waals surface area contributed by atoms with Crippen molar-refractivity contribution in [1.29, 1.82) is 0 Å². The van der Waals surface area contributed by atoms with Crippen LogP contribution in [0.5, 0.6) is 0 Å². The van der Waals surface area contributed by atoms with E-state index in [2.05, 4.69) is 27.0 Å². The summed E-state index contributed by atoms with van der Waals surface area (Å²) in [5.41, 5.74) is 0. The van der Waals surface area contributed by atoms with Gasteiger partial charge in [0.1, 0.15) is 0 Å². The van der Waals surface area contributed by atoms with E-state index in [0.717, 1.165) is 5.92 Å². The molecule has 0 atom stereocenters. The second kappa shape index (κ2) is 7.21. The molecule has 0 amide bonds. The first-order chi connectivity index (χ1) is 4.39. The molecule has 2 heteroatoms. The summed E-state index contributed by atoms with van der Waals surface area (Å²) in [6.45, 7) is 2.34. The van der Waals surface area contributed by atoms with Gasteiger partial charge >= 0.3 is 30.0 Å². The number of hydrogen-bond donors (Lipinski definition) is 0. The molecule has 1 saturated carbocycles. The molecule has 0 saturated heterocycles. The van der Waals surface area contributed by atoms with Gasteiger partial charge in [-0.3, -0.25) is 0 Å². The Morgan fingerprint density at radius 2 is 1.78 bits per heavy atom. The van der Waals surface area contributed by atoms with Crippen LogP contribution in [0.25, 0.3) is 0 Å². The van der Waals surface area contributed by atoms with Crippen molar-refractivity contribution in [1.82, 2.24) is 0 Å². The molecule has 1 aliphatic rings. The second-order valence-corrected chi connectivity index (χ2v) is 2.55. The van der Waals surface area contributed by atoms with E-state index < -0.39 is 0 Å². The molecule has 0 N–H and O–H groups in total. The molecular weight excluding hydrogens is 229 g/mol. The summed E-state index contributed by atoms with van der Waals surface area (Å²) in [5, 5.41) is 0. The van der Waals surface area contributed by atoms with Crippen molar-refractivity contribution in [3.63, 3.8) is 0 Å². The average molecular weight is 242 g/mol. The SMILES string of the molecule is CC1CC[CH-]CC1.[Zn+][Br]. The fraction of sp³-hybridized carbons (Fsp3) is 0.857. The summed E-state index contributed by atoms with van der Waals surface area (Å²) in [6, 6.07) is 0. The summed E-state index contributed by atoms with van der Waals surface area (Å²) in [5.74, 6) is 1.00. The van der Waals surface area contributed by atoms with Crippen molar-refractivity contribution < 1.29 is 16.3 Å². The number of rotatable bonds is 0. The van der Waals surface area contributed by atoms with Gasteiger partial charge in [-0.1, -0.05) is 19.8 Å². The Bertz CT molecular complexity index is 50.9. The topological polar surface area (TPSA) is 0 Å². The van der Waals surface area contributed by atoms with Crippen LogP contribution in [0.4, 0.5) is 0 Å². The summed E-state index contributed by atoms with van der Waals surface area (Å²) in [6.07, 6.45) is 7.99. The minimum atomic E-state index is 1.00. The van der Waals surface area contributed by atoms with Crippen LogP contribution in [0.15, 0.2) is 0 Å². The maximum atomic E-state index is 3.06. The molecule has 0 radical (unpaired) electrons. The Morgan fingerprint density at radius 3 is 2.00 bits per heavy atom. The van der Waals surface area contributed by atoms with Crippen LogP contribution in [0, 0.1) is 12.3 Å². The van der Waals surface area contributed by atoms with Crippen molar-refractivity contribution in [3.05, 3.63) is 6.42 Å². The van der Waals surface area contributed by atoms with Crippen LogP contribution in [0.1, 0.15) is 32.6 Å². The van der Waals surface area contributed by atoms with Gasteiger partial charge in [-0.15, -0.1) is 0 Å². The molecule has 0 bridgehead atoms. The predicted molar refractivity (Wildman–Crippen MR) is 40.9 cm³/mol. The second-order valence-electron chi connectivity index (χ2n) is 2.55. The van der Waals surface area contributed by atoms with Gasteiger partial charge in [0.05, 0.1) is 0 Å². The van der Waals surface area contributed by atoms with Gasteiger partial charge in [0.25, 0.3) is 0 Å². The van der Waals surface area contributed by atoms with Gasteiger partial charge < -0.3 is 6.42 Å². The zero-order valence-electron chi connectivity index (χ0n) is 6.07. The van der Waals surface area contributed by atoms with Crippen LogP contribution in [-0.4, -0.2) is 0 Å². The van der Waals surface area contributed by atoms with Crippen molar-refractivity contribution in [2.45, 2.75) is 32.6 Å². The Kier molecular flexibility index (Phi) is 8.10. The van der Waals surface area contributed by atoms with E-state index in [9.17, 15) is 0 Å². The molecular formula is C7H13BrZn. The van der Waals surface area contributed by atoms with E-state index >= 15 is 0 Å². The van der Waals surface area contributed by atoms with Gasteiger partial charge in [-0.05, 0) is 5.92 Å². The fourth-order valence-corrected chi connectivity index (χ4v) is 1.09. The predicted octanol–water partition coefficient (Wildman–Crippen LogP) is 3.24. The summed E-state index contributed by atoms with van der Waals surface area (Å²) in [7, 11) is 0. The van der Waals surface area contributed by atoms with Crippen molar-refractivity contribution >= 4 is 13.6 Å². The summed E-state index contributed by atoms with van der Waals surface area (Å²) < 4.78 is 0. The van der Waals surface area contributed by atoms with Crippen LogP contribution in [0.2, 0.25) is 0 Å². The third-order valence-electron chi connectivity index (χ3n) is 1.73. The Morgan fingerprint density at radius 1 is 1.33 bits per heavy atom. The van der Waals surface area contributed by atoms with Gasteiger partial charge in [-0.25, -0.2) is 0 Å². The Labute approximate surface area is 74.8 Å². The van der Waals surface area contributed by atoms with Crippen molar-refractivity contribution in [2.75, 3.05) is 0 Å². The molecule has 0 unspecified atom stereocenters. The zero-order chi connectivity index (χ0) is 7.11. The quantitative estimate of drug-likeness (QED) is 0.452. The third kappa shape index (κ3) is 5.54. The van der Waals surface area contributed by atoms with E-state index in [0.29, 0.717) is 0 Å². The molecule has 0 heterocycles. The van der Waals surface area contributed by atoms with Gasteiger partial charge in [0.15, 0.2) is 0 Å². The van der Waals surface area contributed by atoms with E-state index in [-0.39, 0.29) is 0 Å². The van der Waals surface area contributed by atoms with E-state index in [1.165, 1.54) is 42.0 Å². The zero-order valence-corrected chi connectivity index (χ0v) is 10.6. The fourth-order valence-electron chi connectivity index (χ4n) is 1.09. The van der Waals surface area contributed by atoms with Crippen LogP contribution in [-0.2, 0) is 16.3 Å². The molecule has 0 nitrogen and oxygen atoms in total. The first kappa shape index (κ1) is 10.1. The van der Waals surface area contributed by atoms with E-state index in [1.54, 1.807) is 0 Å². The molecule has 1 aliphatic carbocycles. The van der Waals surface area contributed by atoms with Gasteiger partial charge in [0.2, 0.25) is 0 Å². The van der Waals surface area contributed by atoms with Gasteiger partial charge in [0, 0.05) is 0 Å². The average Bonchev–Trinajstić information content (AvgIpc) is 1.94. The molecule has 0 aliphatic heterocycles. The molecule has 0 spiro atoms. The molecule has 1 rings (SSSR count). The molecule has 0 aromatic heterocycles. The molecule has 9 heavy (non-hydrogen) atoms. The standard InChI is InChI=1S/C7H13.BrH.Zn/c1-7-5-3-2-4-6-7;;/h2,7H,3-6H2,1H3;1H;/q-1;;+2/p-1. The maximum absolute atomic E-state index is 3.06. The van der Waals surface area contributed by atoms with Gasteiger partial charge in [-0.2, -0.15) is 12.8 Å². The third-order valence-corrected chi connectivity index (χ3v) is 1.73. The van der Waals surface area contributed by atoms with Crippen molar-refractivity contribution in [3.8, 4) is 0 Å². The van der Waals surface area contributed by atoms with E-state index in [4.69, 9.17) is 0 Å². The monoisotopic (exact) mass is 240 g/mol. The summed E-state index contributed by atoms with van der Waals surface area (Å²) in [4.78, 5) is 0. The van der Waals surface area contributed by atoms with E-state index in [1.807, 2.05) is 0 Å². The summed E-state index contributed by atoms with van der Waals surface area (Å²) >= 11 is 4.25. The molecule has 1 fully saturated rings. The number of halogens is 1. The van der Waals surface area contributed by atoms with Crippen LogP contribution < -0.4 is 0 Å². The normalized spacial score (nSPS) is 20.4. The first-order valence-corrected chi connectivity index (χ1v) is 10.4. The van der Waals surface area contributed by atoms with Crippen LogP contribution >= 0.6 is 13.6 Å².